The molecule has 3 N–H and O–H groups in total. The topological polar surface area (TPSA) is 177 Å². The molecule has 1 aliphatic heterocycles. The predicted octanol–water partition coefficient (Wildman–Crippen LogP) is 9.58. The Bertz CT molecular complexity index is 2980. The molecule has 14 nitrogen and oxygen atoms in total. The van der Waals surface area contributed by atoms with Crippen LogP contribution in [0.15, 0.2) is 140 Å². The van der Waals surface area contributed by atoms with Crippen LogP contribution in [0.25, 0.3) is 32.5 Å². The molecule has 1 aliphatic rings. The van der Waals surface area contributed by atoms with Gasteiger partial charge < -0.3 is 29.8 Å². The van der Waals surface area contributed by atoms with Gasteiger partial charge in [-0.1, -0.05) is 35.6 Å². The summed E-state index contributed by atoms with van der Waals surface area (Å²) in [7, 11) is 0. The van der Waals surface area contributed by atoms with Crippen molar-refractivity contribution in [1.82, 2.24) is 39.9 Å². The third-order valence-corrected chi connectivity index (χ3v) is 12.0. The molecule has 6 heterocycles. The number of hydrogen-bond donors (Lipinski definition) is 3. The van der Waals surface area contributed by atoms with Gasteiger partial charge in [-0.05, 0) is 105 Å². The van der Waals surface area contributed by atoms with Gasteiger partial charge >= 0.3 is 0 Å². The highest BCUT2D eigenvalue weighted by Crippen LogP contribution is 2.37. The van der Waals surface area contributed by atoms with E-state index in [1.54, 1.807) is 66.6 Å². The lowest BCUT2D eigenvalue weighted by molar-refractivity contribution is -0.00736. The Labute approximate surface area is 365 Å². The van der Waals surface area contributed by atoms with E-state index in [1.165, 1.54) is 0 Å². The minimum absolute atomic E-state index is 0.149. The van der Waals surface area contributed by atoms with Crippen molar-refractivity contribution in [2.24, 2.45) is 5.92 Å². The third-order valence-electron chi connectivity index (χ3n) is 11.1. The first-order valence-corrected chi connectivity index (χ1v) is 21.4. The molecule has 4 aromatic carbocycles. The molecule has 0 saturated carbocycles. The summed E-state index contributed by atoms with van der Waals surface area (Å²) >= 11 is 1.59. The van der Waals surface area contributed by atoms with Gasteiger partial charge in [0.05, 0.1) is 32.5 Å². The van der Waals surface area contributed by atoms with E-state index in [0.717, 1.165) is 50.5 Å². The first-order chi connectivity index (χ1) is 30.8. The Kier molecular flexibility index (Phi) is 10.7. The fraction of sp³-hybridized carbons (Fsp3) is 0.167. The number of imidazole rings is 1. The number of fused-ring (bicyclic) bond motifs is 2. The Morgan fingerprint density at radius 2 is 1.59 bits per heavy atom. The van der Waals surface area contributed by atoms with Gasteiger partial charge in [0.25, 0.3) is 5.88 Å². The van der Waals surface area contributed by atoms with Gasteiger partial charge in [0.2, 0.25) is 11.7 Å². The lowest BCUT2D eigenvalue weighted by Crippen LogP contribution is -2.48. The lowest BCUT2D eigenvalue weighted by Gasteiger charge is -2.41. The Morgan fingerprint density at radius 3 is 2.38 bits per heavy atom. The van der Waals surface area contributed by atoms with E-state index in [2.05, 4.69) is 46.2 Å². The van der Waals surface area contributed by atoms with E-state index in [0.29, 0.717) is 59.1 Å². The fourth-order valence-electron chi connectivity index (χ4n) is 7.81. The summed E-state index contributed by atoms with van der Waals surface area (Å²) in [5.41, 5.74) is 4.53. The van der Waals surface area contributed by atoms with Gasteiger partial charge in [-0.25, -0.2) is 29.9 Å². The number of rotatable bonds is 13. The fourth-order valence-corrected chi connectivity index (χ4v) is 8.69. The number of ketones is 1. The normalized spacial score (nSPS) is 15.0. The number of carbonyl (C=O) groups is 1. The lowest BCUT2D eigenvalue weighted by atomic mass is 9.80. The molecule has 1 unspecified atom stereocenters. The summed E-state index contributed by atoms with van der Waals surface area (Å²) < 4.78 is 13.8. The van der Waals surface area contributed by atoms with E-state index in [9.17, 15) is 9.90 Å². The maximum absolute atomic E-state index is 13.2. The van der Waals surface area contributed by atoms with Gasteiger partial charge in [0.1, 0.15) is 17.2 Å². The average Bonchev–Trinajstić information content (AvgIpc) is 3.95. The predicted molar refractivity (Wildman–Crippen MR) is 242 cm³/mol. The number of nitrogens with one attached hydrogen (secondary N) is 2. The Morgan fingerprint density at radius 1 is 0.825 bits per heavy atom. The van der Waals surface area contributed by atoms with E-state index in [1.807, 2.05) is 85.8 Å². The molecular weight excluding hydrogens is 813 g/mol. The molecule has 0 amide bonds. The Hall–Kier alpha value is -7.62. The van der Waals surface area contributed by atoms with E-state index < -0.39 is 5.60 Å². The molecule has 0 spiro atoms. The number of aliphatic hydroxyl groups is 1. The minimum Gasteiger partial charge on any atom is -0.437 e. The zero-order chi connectivity index (χ0) is 42.8. The summed E-state index contributed by atoms with van der Waals surface area (Å²) in [6.45, 7) is 3.06. The van der Waals surface area contributed by atoms with Gasteiger partial charge in [-0.3, -0.25) is 9.78 Å². The average molecular weight is 853 g/mol. The van der Waals surface area contributed by atoms with Crippen LogP contribution in [0, 0.1) is 5.92 Å². The van der Waals surface area contributed by atoms with Gasteiger partial charge in [-0.15, -0.1) is 0 Å². The number of piperidine rings is 1. The van der Waals surface area contributed by atoms with Crippen molar-refractivity contribution in [3.05, 3.63) is 157 Å². The van der Waals surface area contributed by atoms with Crippen molar-refractivity contribution in [1.29, 1.82) is 0 Å². The highest BCUT2D eigenvalue weighted by Gasteiger charge is 2.37. The summed E-state index contributed by atoms with van der Waals surface area (Å²) in [5.74, 6) is 2.18. The number of H-pyrrole nitrogens is 1. The highest BCUT2D eigenvalue weighted by atomic mass is 32.1. The smallest absolute Gasteiger partial charge is 0.263 e. The maximum atomic E-state index is 13.2. The molecule has 1 saturated heterocycles. The standard InChI is InChI=1S/C48H40N10O4S/c1-48(60,26-34-28-52-41(31-8-6-22-49-27-31)45(53-34)61-36-20-16-33(17-21-36)54-47-57-39-12-4-5-13-40(39)63-47)32-9-7-25-58(29-32)44-46(51-24-23-50-44)62-35-18-14-30(15-19-35)42(59)43-55-37-10-2-3-11-38(37)56-43/h2-6,8,10-24,27-28,32,60H,7,9,25-26,29H2,1H3,(H,54,57)(H,55,56)/t32-,48?/m0/s1. The molecule has 0 bridgehead atoms. The second-order valence-electron chi connectivity index (χ2n) is 15.6. The third kappa shape index (κ3) is 8.64. The van der Waals surface area contributed by atoms with E-state index >= 15 is 0 Å². The van der Waals surface area contributed by atoms with E-state index in [4.69, 9.17) is 19.4 Å². The van der Waals surface area contributed by atoms with Crippen molar-refractivity contribution >= 4 is 55.0 Å². The number of benzene rings is 4. The molecule has 10 rings (SSSR count). The summed E-state index contributed by atoms with van der Waals surface area (Å²) in [6, 6.07) is 33.8. The maximum Gasteiger partial charge on any atom is 0.263 e. The first-order valence-electron chi connectivity index (χ1n) is 20.5. The highest BCUT2D eigenvalue weighted by molar-refractivity contribution is 7.22. The largest absolute Gasteiger partial charge is 0.437 e. The molecular formula is C48H40N10O4S. The number of carbonyl (C=O) groups excluding carboxylic acids is 1. The monoisotopic (exact) mass is 852 g/mol. The Balaban J connectivity index is 0.830. The number of aromatic amines is 1. The number of anilines is 3. The second kappa shape index (κ2) is 17.0. The summed E-state index contributed by atoms with van der Waals surface area (Å²) in [6.07, 6.45) is 10.2. The van der Waals surface area contributed by atoms with Crippen LogP contribution >= 0.6 is 11.3 Å². The molecule has 15 heteroatoms. The zero-order valence-electron chi connectivity index (χ0n) is 34.0. The number of nitrogens with zero attached hydrogens (tertiary/aromatic N) is 8. The molecule has 1 fully saturated rings. The van der Waals surface area contributed by atoms with Crippen molar-refractivity contribution in [2.75, 3.05) is 23.3 Å². The van der Waals surface area contributed by atoms with Crippen molar-refractivity contribution in [3.63, 3.8) is 0 Å². The number of para-hydroxylation sites is 3. The van der Waals surface area contributed by atoms with Crippen molar-refractivity contribution in [2.45, 2.75) is 31.8 Å². The zero-order valence-corrected chi connectivity index (χ0v) is 34.9. The molecule has 0 aliphatic carbocycles. The second-order valence-corrected chi connectivity index (χ2v) is 16.6. The molecule has 2 atom stereocenters. The van der Waals surface area contributed by atoms with Crippen LogP contribution in [0.1, 0.15) is 41.6 Å². The van der Waals surface area contributed by atoms with Gasteiger partial charge in [0.15, 0.2) is 16.8 Å². The number of thiazole rings is 1. The first kappa shape index (κ1) is 39.5. The van der Waals surface area contributed by atoms with Gasteiger partial charge in [0, 0.05) is 73.2 Å². The van der Waals surface area contributed by atoms with Crippen molar-refractivity contribution < 1.29 is 19.4 Å². The number of hydrogen-bond acceptors (Lipinski definition) is 14. The van der Waals surface area contributed by atoms with Crippen LogP contribution < -0.4 is 19.7 Å². The minimum atomic E-state index is -1.17. The van der Waals surface area contributed by atoms with Gasteiger partial charge in [-0.2, -0.15) is 0 Å². The van der Waals surface area contributed by atoms with Crippen LogP contribution in [-0.4, -0.2) is 69.5 Å². The van der Waals surface area contributed by atoms with E-state index in [-0.39, 0.29) is 23.9 Å². The number of pyridine rings is 1. The molecule has 0 radical (unpaired) electrons. The summed E-state index contributed by atoms with van der Waals surface area (Å²) in [4.78, 5) is 50.8. The van der Waals surface area contributed by atoms with Crippen LogP contribution in [0.3, 0.4) is 0 Å². The van der Waals surface area contributed by atoms with Crippen LogP contribution in [0.2, 0.25) is 0 Å². The summed E-state index contributed by atoms with van der Waals surface area (Å²) in [5, 5.41) is 16.4. The molecule has 63 heavy (non-hydrogen) atoms. The van der Waals surface area contributed by atoms with Crippen molar-refractivity contribution in [3.8, 4) is 34.5 Å². The van der Waals surface area contributed by atoms with Crippen LogP contribution in [-0.2, 0) is 6.42 Å². The molecule has 5 aromatic heterocycles. The molecule has 9 aromatic rings. The van der Waals surface area contributed by atoms with Crippen LogP contribution in [0.5, 0.6) is 23.3 Å². The number of aromatic nitrogens is 8. The molecule has 312 valence electrons. The van der Waals surface area contributed by atoms with Crippen LogP contribution in [0.4, 0.5) is 16.6 Å². The number of ether oxygens (including phenoxy) is 2. The quantitative estimate of drug-likeness (QED) is 0.0936. The SMILES string of the molecule is CC(O)(Cc1cnc(-c2cccnc2)c(Oc2ccc(Nc3nc4ccccc4s3)cc2)n1)[C@H]1CCCN(c2nccnc2Oc2ccc(C(=O)c3nc4ccccc4[nH]3)cc2)C1.